The number of aromatic amines is 1. The van der Waals surface area contributed by atoms with Gasteiger partial charge >= 0.3 is 0 Å². The zero-order valence-corrected chi connectivity index (χ0v) is 18.7. The number of benzene rings is 2. The van der Waals surface area contributed by atoms with Crippen molar-refractivity contribution in [2.75, 3.05) is 39.5 Å². The molecule has 3 heterocycles. The fraction of sp³-hybridized carbons (Fsp3) is 0.259. The van der Waals surface area contributed by atoms with Crippen molar-refractivity contribution >= 4 is 11.0 Å². The second-order valence-corrected chi connectivity index (χ2v) is 8.27. The average molecular weight is 439 g/mol. The topological polar surface area (TPSA) is 74.2 Å². The number of hydrogen-bond donors (Lipinski definition) is 1. The lowest BCUT2D eigenvalue weighted by atomic mass is 10.0. The standard InChI is InChI=1S/C27H26N4O2/c1-19-16-22(33-15-12-31-10-13-32-14-11-31)6-7-23(19)26-17-25-24(8-9-29-27(25)30-26)21-4-2-20(18-28)3-5-21/h2-9,16-17H,10-15H2,1H3,(H,29,30). The monoisotopic (exact) mass is 438 g/mol. The molecule has 2 aromatic heterocycles. The minimum Gasteiger partial charge on any atom is -0.492 e. The van der Waals surface area contributed by atoms with E-state index in [0.29, 0.717) is 12.2 Å². The smallest absolute Gasteiger partial charge is 0.138 e. The Morgan fingerprint density at radius 2 is 1.88 bits per heavy atom. The third-order valence-electron chi connectivity index (χ3n) is 6.12. The first-order chi connectivity index (χ1) is 16.2. The van der Waals surface area contributed by atoms with Gasteiger partial charge in [0.2, 0.25) is 0 Å². The number of ether oxygens (including phenoxy) is 2. The summed E-state index contributed by atoms with van der Waals surface area (Å²) in [6.45, 7) is 7.24. The Hall–Kier alpha value is -3.66. The van der Waals surface area contributed by atoms with E-state index < -0.39 is 0 Å². The van der Waals surface area contributed by atoms with E-state index in [-0.39, 0.29) is 0 Å². The molecule has 1 saturated heterocycles. The highest BCUT2D eigenvalue weighted by atomic mass is 16.5. The summed E-state index contributed by atoms with van der Waals surface area (Å²) in [6, 6.07) is 20.2. The van der Waals surface area contributed by atoms with Gasteiger partial charge in [-0.1, -0.05) is 12.1 Å². The Labute approximate surface area is 193 Å². The maximum absolute atomic E-state index is 9.07. The summed E-state index contributed by atoms with van der Waals surface area (Å²) in [5.41, 5.74) is 6.94. The van der Waals surface area contributed by atoms with Crippen molar-refractivity contribution in [1.82, 2.24) is 14.9 Å². The second kappa shape index (κ2) is 9.45. The molecular formula is C27H26N4O2. The molecular weight excluding hydrogens is 412 g/mol. The molecule has 6 heteroatoms. The van der Waals surface area contributed by atoms with Crippen molar-refractivity contribution in [3.8, 4) is 34.2 Å². The minimum atomic E-state index is 0.654. The molecule has 0 unspecified atom stereocenters. The van der Waals surface area contributed by atoms with E-state index in [9.17, 15) is 0 Å². The molecule has 0 bridgehead atoms. The highest BCUT2D eigenvalue weighted by Gasteiger charge is 2.13. The third kappa shape index (κ3) is 4.61. The number of morpholine rings is 1. The van der Waals surface area contributed by atoms with E-state index in [2.05, 4.69) is 46.1 Å². The number of fused-ring (bicyclic) bond motifs is 1. The Morgan fingerprint density at radius 3 is 2.64 bits per heavy atom. The van der Waals surface area contributed by atoms with Crippen molar-refractivity contribution < 1.29 is 9.47 Å². The van der Waals surface area contributed by atoms with Crippen LogP contribution in [0.25, 0.3) is 33.4 Å². The lowest BCUT2D eigenvalue weighted by molar-refractivity contribution is 0.0322. The fourth-order valence-corrected chi connectivity index (χ4v) is 4.29. The van der Waals surface area contributed by atoms with Crippen LogP contribution in [0.3, 0.4) is 0 Å². The zero-order valence-electron chi connectivity index (χ0n) is 18.7. The molecule has 0 saturated carbocycles. The first kappa shape index (κ1) is 21.2. The molecule has 0 radical (unpaired) electrons. The number of H-pyrrole nitrogens is 1. The van der Waals surface area contributed by atoms with Crippen molar-refractivity contribution in [1.29, 1.82) is 5.26 Å². The molecule has 166 valence electrons. The second-order valence-electron chi connectivity index (χ2n) is 8.27. The van der Waals surface area contributed by atoms with Gasteiger partial charge in [-0.2, -0.15) is 5.26 Å². The predicted octanol–water partition coefficient (Wildman–Crippen LogP) is 4.79. The molecule has 2 aromatic carbocycles. The molecule has 1 aliphatic rings. The van der Waals surface area contributed by atoms with Crippen LogP contribution in [0.15, 0.2) is 60.8 Å². The SMILES string of the molecule is Cc1cc(OCCN2CCOCC2)ccc1-c1cc2c(-c3ccc(C#N)cc3)ccnc2[nH]1. The lowest BCUT2D eigenvalue weighted by Crippen LogP contribution is -2.38. The van der Waals surface area contributed by atoms with Crippen molar-refractivity contribution in [3.05, 3.63) is 71.9 Å². The zero-order chi connectivity index (χ0) is 22.6. The largest absolute Gasteiger partial charge is 0.492 e. The van der Waals surface area contributed by atoms with Crippen LogP contribution in [0.1, 0.15) is 11.1 Å². The molecule has 33 heavy (non-hydrogen) atoms. The molecule has 1 N–H and O–H groups in total. The van der Waals surface area contributed by atoms with Gasteiger partial charge in [0.1, 0.15) is 18.0 Å². The third-order valence-corrected chi connectivity index (χ3v) is 6.12. The summed E-state index contributed by atoms with van der Waals surface area (Å²) in [5, 5.41) is 10.1. The molecule has 4 aromatic rings. The van der Waals surface area contributed by atoms with E-state index in [1.807, 2.05) is 42.6 Å². The van der Waals surface area contributed by atoms with Crippen molar-refractivity contribution in [3.63, 3.8) is 0 Å². The van der Waals surface area contributed by atoms with E-state index >= 15 is 0 Å². The van der Waals surface area contributed by atoms with Gasteiger partial charge < -0.3 is 14.5 Å². The quantitative estimate of drug-likeness (QED) is 0.469. The van der Waals surface area contributed by atoms with Crippen LogP contribution in [0.4, 0.5) is 0 Å². The summed E-state index contributed by atoms with van der Waals surface area (Å²) >= 11 is 0. The van der Waals surface area contributed by atoms with Crippen molar-refractivity contribution in [2.24, 2.45) is 0 Å². The van der Waals surface area contributed by atoms with Gasteiger partial charge in [-0.05, 0) is 66.1 Å². The van der Waals surface area contributed by atoms with E-state index in [1.165, 1.54) is 0 Å². The highest BCUT2D eigenvalue weighted by molar-refractivity contribution is 5.96. The average Bonchev–Trinajstić information content (AvgIpc) is 3.29. The molecule has 0 amide bonds. The van der Waals surface area contributed by atoms with Crippen LogP contribution in [-0.4, -0.2) is 54.3 Å². The normalized spacial score (nSPS) is 14.3. The Balaban J connectivity index is 1.36. The van der Waals surface area contributed by atoms with Crippen LogP contribution in [0.5, 0.6) is 5.75 Å². The number of rotatable bonds is 6. The molecule has 0 aliphatic carbocycles. The van der Waals surface area contributed by atoms with Gasteiger partial charge in [0.05, 0.1) is 24.8 Å². The van der Waals surface area contributed by atoms with Gasteiger partial charge in [0, 0.05) is 42.5 Å². The van der Waals surface area contributed by atoms with Crippen LogP contribution in [-0.2, 0) is 4.74 Å². The van der Waals surface area contributed by atoms with Crippen LogP contribution in [0.2, 0.25) is 0 Å². The van der Waals surface area contributed by atoms with E-state index in [1.54, 1.807) is 0 Å². The molecule has 0 atom stereocenters. The summed E-state index contributed by atoms with van der Waals surface area (Å²) in [5.74, 6) is 0.886. The number of nitriles is 1. The molecule has 1 fully saturated rings. The predicted molar refractivity (Wildman–Crippen MR) is 129 cm³/mol. The fourth-order valence-electron chi connectivity index (χ4n) is 4.29. The number of hydrogen-bond acceptors (Lipinski definition) is 5. The first-order valence-electron chi connectivity index (χ1n) is 11.2. The van der Waals surface area contributed by atoms with E-state index in [0.717, 1.165) is 77.6 Å². The van der Waals surface area contributed by atoms with Crippen LogP contribution in [0, 0.1) is 18.3 Å². The lowest BCUT2D eigenvalue weighted by Gasteiger charge is -2.26. The maximum atomic E-state index is 9.07. The number of nitrogens with one attached hydrogen (secondary N) is 1. The first-order valence-corrected chi connectivity index (χ1v) is 11.2. The minimum absolute atomic E-state index is 0.654. The van der Waals surface area contributed by atoms with E-state index in [4.69, 9.17) is 14.7 Å². The van der Waals surface area contributed by atoms with Gasteiger partial charge in [-0.25, -0.2) is 4.98 Å². The number of aromatic nitrogens is 2. The number of aryl methyl sites for hydroxylation is 1. The van der Waals surface area contributed by atoms with Gasteiger partial charge in [0.15, 0.2) is 0 Å². The Bertz CT molecular complexity index is 1300. The molecule has 1 aliphatic heterocycles. The Morgan fingerprint density at radius 1 is 1.06 bits per heavy atom. The summed E-state index contributed by atoms with van der Waals surface area (Å²) in [6.07, 6.45) is 1.81. The van der Waals surface area contributed by atoms with Gasteiger partial charge in [-0.15, -0.1) is 0 Å². The van der Waals surface area contributed by atoms with Crippen LogP contribution < -0.4 is 4.74 Å². The van der Waals surface area contributed by atoms with Crippen molar-refractivity contribution in [2.45, 2.75) is 6.92 Å². The highest BCUT2D eigenvalue weighted by Crippen LogP contribution is 2.33. The summed E-state index contributed by atoms with van der Waals surface area (Å²) in [7, 11) is 0. The summed E-state index contributed by atoms with van der Waals surface area (Å²) in [4.78, 5) is 10.4. The summed E-state index contributed by atoms with van der Waals surface area (Å²) < 4.78 is 11.4. The Kier molecular flexibility index (Phi) is 6.07. The maximum Gasteiger partial charge on any atom is 0.138 e. The van der Waals surface area contributed by atoms with Gasteiger partial charge in [-0.3, -0.25) is 4.90 Å². The number of nitrogens with zero attached hydrogens (tertiary/aromatic N) is 3. The number of pyridine rings is 1. The van der Waals surface area contributed by atoms with Crippen LogP contribution >= 0.6 is 0 Å². The molecule has 0 spiro atoms. The van der Waals surface area contributed by atoms with Gasteiger partial charge in [0.25, 0.3) is 0 Å². The molecule has 6 nitrogen and oxygen atoms in total. The molecule has 5 rings (SSSR count).